The molecule has 0 unspecified atom stereocenters. The number of nitrogens with one attached hydrogen (secondary N) is 1. The lowest BCUT2D eigenvalue weighted by atomic mass is 10.1. The van der Waals surface area contributed by atoms with Crippen molar-refractivity contribution in [2.75, 3.05) is 54.5 Å². The molecule has 6 heteroatoms. The van der Waals surface area contributed by atoms with Crippen molar-refractivity contribution in [2.45, 2.75) is 19.3 Å². The summed E-state index contributed by atoms with van der Waals surface area (Å²) in [5.41, 5.74) is 3.38. The number of morpholine rings is 1. The molecular weight excluding hydrogens is 340 g/mol. The predicted octanol–water partition coefficient (Wildman–Crippen LogP) is 3.16. The minimum absolute atomic E-state index is 0.172. The monoisotopic (exact) mass is 366 g/mol. The SMILES string of the molecule is O=C(Nc1ccccc1N1CCOCC1)c1cc(N2CCCCC2)ccn1. The summed E-state index contributed by atoms with van der Waals surface area (Å²) in [6.45, 7) is 5.17. The Morgan fingerprint density at radius 1 is 0.963 bits per heavy atom. The first-order valence-corrected chi connectivity index (χ1v) is 9.75. The molecule has 2 saturated heterocycles. The van der Waals surface area contributed by atoms with Crippen LogP contribution in [0.2, 0.25) is 0 Å². The number of para-hydroxylation sites is 2. The highest BCUT2D eigenvalue weighted by atomic mass is 16.5. The molecule has 2 fully saturated rings. The molecule has 0 radical (unpaired) electrons. The number of aromatic nitrogens is 1. The fraction of sp³-hybridized carbons (Fsp3) is 0.429. The lowest BCUT2D eigenvalue weighted by Gasteiger charge is -2.30. The Bertz CT molecular complexity index is 783. The third-order valence-corrected chi connectivity index (χ3v) is 5.20. The maximum Gasteiger partial charge on any atom is 0.274 e. The normalized spacial score (nSPS) is 17.6. The maximum atomic E-state index is 12.8. The van der Waals surface area contributed by atoms with E-state index in [0.717, 1.165) is 43.2 Å². The second kappa shape index (κ2) is 8.39. The van der Waals surface area contributed by atoms with Crippen LogP contribution in [0, 0.1) is 0 Å². The van der Waals surface area contributed by atoms with Gasteiger partial charge in [0.05, 0.1) is 24.6 Å². The number of piperidine rings is 1. The van der Waals surface area contributed by atoms with Crippen molar-refractivity contribution in [3.05, 3.63) is 48.3 Å². The van der Waals surface area contributed by atoms with Crippen LogP contribution in [0.1, 0.15) is 29.8 Å². The van der Waals surface area contributed by atoms with E-state index < -0.39 is 0 Å². The van der Waals surface area contributed by atoms with Crippen LogP contribution in [0.4, 0.5) is 17.1 Å². The summed E-state index contributed by atoms with van der Waals surface area (Å²) in [5.74, 6) is -0.172. The van der Waals surface area contributed by atoms with Gasteiger partial charge in [0.1, 0.15) is 5.69 Å². The molecule has 6 nitrogen and oxygen atoms in total. The molecule has 1 N–H and O–H groups in total. The van der Waals surface area contributed by atoms with Crippen LogP contribution in [-0.4, -0.2) is 50.3 Å². The van der Waals surface area contributed by atoms with Gasteiger partial charge in [-0.1, -0.05) is 12.1 Å². The number of rotatable bonds is 4. The van der Waals surface area contributed by atoms with Crippen LogP contribution in [-0.2, 0) is 4.74 Å². The number of ether oxygens (including phenoxy) is 1. The quantitative estimate of drug-likeness (QED) is 0.901. The van der Waals surface area contributed by atoms with Gasteiger partial charge in [-0.25, -0.2) is 0 Å². The molecule has 0 saturated carbocycles. The van der Waals surface area contributed by atoms with Gasteiger partial charge < -0.3 is 19.9 Å². The van der Waals surface area contributed by atoms with Crippen molar-refractivity contribution in [3.8, 4) is 0 Å². The Morgan fingerprint density at radius 3 is 2.56 bits per heavy atom. The summed E-state index contributed by atoms with van der Waals surface area (Å²) in [5, 5.41) is 3.05. The van der Waals surface area contributed by atoms with E-state index in [4.69, 9.17) is 4.74 Å². The first-order chi connectivity index (χ1) is 13.3. The molecule has 2 aromatic rings. The number of nitrogens with zero attached hydrogens (tertiary/aromatic N) is 3. The topological polar surface area (TPSA) is 57.7 Å². The van der Waals surface area contributed by atoms with Gasteiger partial charge in [-0.05, 0) is 43.5 Å². The zero-order chi connectivity index (χ0) is 18.5. The van der Waals surface area contributed by atoms with Crippen molar-refractivity contribution in [1.82, 2.24) is 4.98 Å². The van der Waals surface area contributed by atoms with E-state index in [9.17, 15) is 4.79 Å². The van der Waals surface area contributed by atoms with E-state index in [0.29, 0.717) is 18.9 Å². The van der Waals surface area contributed by atoms with Gasteiger partial charge in [-0.15, -0.1) is 0 Å². The molecule has 0 bridgehead atoms. The minimum Gasteiger partial charge on any atom is -0.378 e. The maximum absolute atomic E-state index is 12.8. The van der Waals surface area contributed by atoms with E-state index >= 15 is 0 Å². The summed E-state index contributed by atoms with van der Waals surface area (Å²) in [7, 11) is 0. The summed E-state index contributed by atoms with van der Waals surface area (Å²) in [4.78, 5) is 21.7. The molecule has 1 amide bonds. The fourth-order valence-corrected chi connectivity index (χ4v) is 3.74. The van der Waals surface area contributed by atoms with Crippen LogP contribution < -0.4 is 15.1 Å². The minimum atomic E-state index is -0.172. The first-order valence-electron chi connectivity index (χ1n) is 9.75. The summed E-state index contributed by atoms with van der Waals surface area (Å²) < 4.78 is 5.44. The van der Waals surface area contributed by atoms with Crippen LogP contribution in [0.15, 0.2) is 42.6 Å². The molecular formula is C21H26N4O2. The molecule has 1 aromatic heterocycles. The van der Waals surface area contributed by atoms with Crippen molar-refractivity contribution in [1.29, 1.82) is 0 Å². The van der Waals surface area contributed by atoms with Crippen molar-refractivity contribution in [2.24, 2.45) is 0 Å². The van der Waals surface area contributed by atoms with Crippen LogP contribution >= 0.6 is 0 Å². The van der Waals surface area contributed by atoms with E-state index in [1.165, 1.54) is 19.3 Å². The molecule has 3 heterocycles. The van der Waals surface area contributed by atoms with Crippen molar-refractivity contribution < 1.29 is 9.53 Å². The van der Waals surface area contributed by atoms with Crippen molar-refractivity contribution in [3.63, 3.8) is 0 Å². The lowest BCUT2D eigenvalue weighted by molar-refractivity contribution is 0.102. The summed E-state index contributed by atoms with van der Waals surface area (Å²) in [6.07, 6.45) is 5.42. The van der Waals surface area contributed by atoms with Gasteiger partial charge >= 0.3 is 0 Å². The zero-order valence-corrected chi connectivity index (χ0v) is 15.6. The number of carbonyl (C=O) groups excluding carboxylic acids is 1. The van der Waals surface area contributed by atoms with Gasteiger partial charge in [0.2, 0.25) is 0 Å². The molecule has 142 valence electrons. The number of carbonyl (C=O) groups is 1. The number of anilines is 3. The molecule has 0 atom stereocenters. The fourth-order valence-electron chi connectivity index (χ4n) is 3.74. The van der Waals surface area contributed by atoms with E-state index in [1.54, 1.807) is 6.20 Å². The Hall–Kier alpha value is -2.60. The largest absolute Gasteiger partial charge is 0.378 e. The standard InChI is InChI=1S/C21H26N4O2/c26-21(19-16-17(8-9-22-19)24-10-4-1-5-11-24)23-18-6-2-3-7-20(18)25-12-14-27-15-13-25/h2-3,6-9,16H,1,4-5,10-15H2,(H,23,26). The molecule has 2 aliphatic rings. The second-order valence-corrected chi connectivity index (χ2v) is 7.02. The molecule has 0 aliphatic carbocycles. The molecule has 0 spiro atoms. The highest BCUT2D eigenvalue weighted by Gasteiger charge is 2.18. The summed E-state index contributed by atoms with van der Waals surface area (Å²) >= 11 is 0. The van der Waals surface area contributed by atoms with Gasteiger partial charge in [0.15, 0.2) is 0 Å². The molecule has 1 aromatic carbocycles. The highest BCUT2D eigenvalue weighted by molar-refractivity contribution is 6.05. The van der Waals surface area contributed by atoms with Gasteiger partial charge in [-0.2, -0.15) is 0 Å². The lowest BCUT2D eigenvalue weighted by Crippen LogP contribution is -2.36. The number of hydrogen-bond donors (Lipinski definition) is 1. The van der Waals surface area contributed by atoms with Crippen LogP contribution in [0.25, 0.3) is 0 Å². The van der Waals surface area contributed by atoms with E-state index in [2.05, 4.69) is 20.1 Å². The Morgan fingerprint density at radius 2 is 1.74 bits per heavy atom. The second-order valence-electron chi connectivity index (χ2n) is 7.02. The molecule has 27 heavy (non-hydrogen) atoms. The first kappa shape index (κ1) is 17.8. The molecule has 4 rings (SSSR count). The van der Waals surface area contributed by atoms with Crippen LogP contribution in [0.5, 0.6) is 0 Å². The summed E-state index contributed by atoms with van der Waals surface area (Å²) in [6, 6.07) is 11.8. The van der Waals surface area contributed by atoms with Gasteiger partial charge in [0, 0.05) is 38.1 Å². The number of pyridine rings is 1. The predicted molar refractivity (Wildman–Crippen MR) is 108 cm³/mol. The number of hydrogen-bond acceptors (Lipinski definition) is 5. The third kappa shape index (κ3) is 4.22. The Kier molecular flexibility index (Phi) is 5.53. The van der Waals surface area contributed by atoms with E-state index in [1.807, 2.05) is 36.4 Å². The third-order valence-electron chi connectivity index (χ3n) is 5.20. The Labute approximate surface area is 160 Å². The number of amides is 1. The average molecular weight is 366 g/mol. The molecule has 2 aliphatic heterocycles. The average Bonchev–Trinajstić information content (AvgIpc) is 2.75. The smallest absolute Gasteiger partial charge is 0.274 e. The van der Waals surface area contributed by atoms with Gasteiger partial charge in [-0.3, -0.25) is 9.78 Å². The van der Waals surface area contributed by atoms with E-state index in [-0.39, 0.29) is 5.91 Å². The number of benzene rings is 1. The van der Waals surface area contributed by atoms with Gasteiger partial charge in [0.25, 0.3) is 5.91 Å². The zero-order valence-electron chi connectivity index (χ0n) is 15.6. The Balaban J connectivity index is 1.51. The van der Waals surface area contributed by atoms with Crippen LogP contribution in [0.3, 0.4) is 0 Å². The van der Waals surface area contributed by atoms with Crippen molar-refractivity contribution >= 4 is 23.0 Å². The highest BCUT2D eigenvalue weighted by Crippen LogP contribution is 2.27.